The summed E-state index contributed by atoms with van der Waals surface area (Å²) in [5, 5.41) is 4.25. The number of hydrogen-bond acceptors (Lipinski definition) is 3. The van der Waals surface area contributed by atoms with Crippen molar-refractivity contribution in [3.8, 4) is 11.1 Å². The minimum atomic E-state index is 0.176. The van der Waals surface area contributed by atoms with Gasteiger partial charge in [0, 0.05) is 6.42 Å². The van der Waals surface area contributed by atoms with E-state index in [1.54, 1.807) is 0 Å². The molecular weight excluding hydrogens is 260 g/mol. The van der Waals surface area contributed by atoms with Crippen molar-refractivity contribution in [1.82, 2.24) is 0 Å². The van der Waals surface area contributed by atoms with Gasteiger partial charge < -0.3 is 0 Å². The van der Waals surface area contributed by atoms with E-state index >= 15 is 0 Å². The Morgan fingerprint density at radius 3 is 2.19 bits per heavy atom. The molecule has 21 heavy (non-hydrogen) atoms. The first-order valence-electron chi connectivity index (χ1n) is 7.34. The van der Waals surface area contributed by atoms with E-state index in [-0.39, 0.29) is 5.78 Å². The molecule has 3 nitrogen and oxygen atoms in total. The van der Waals surface area contributed by atoms with E-state index in [1.165, 1.54) is 11.1 Å². The summed E-state index contributed by atoms with van der Waals surface area (Å²) in [4.78, 5) is 11.7. The van der Waals surface area contributed by atoms with Crippen molar-refractivity contribution in [1.29, 1.82) is 0 Å². The highest BCUT2D eigenvalue weighted by atomic mass is 16.1. The molecular formula is C18H18N2O. The van der Waals surface area contributed by atoms with Gasteiger partial charge in [-0.05, 0) is 42.5 Å². The first-order chi connectivity index (χ1) is 10.3. The smallest absolute Gasteiger partial charge is 0.178 e. The highest BCUT2D eigenvalue weighted by molar-refractivity contribution is 6.40. The van der Waals surface area contributed by atoms with Gasteiger partial charge in [-0.1, -0.05) is 42.5 Å². The zero-order valence-electron chi connectivity index (χ0n) is 11.9. The maximum atomic E-state index is 11.7. The van der Waals surface area contributed by atoms with Crippen LogP contribution >= 0.6 is 0 Å². The molecule has 106 valence electrons. The Morgan fingerprint density at radius 2 is 1.48 bits per heavy atom. The van der Waals surface area contributed by atoms with Gasteiger partial charge in [0.05, 0.1) is 5.69 Å². The Balaban J connectivity index is 1.70. The molecule has 0 aromatic heterocycles. The number of anilines is 1. The van der Waals surface area contributed by atoms with Crippen LogP contribution in [0.3, 0.4) is 0 Å². The summed E-state index contributed by atoms with van der Waals surface area (Å²) in [5.74, 6) is 0.176. The topological polar surface area (TPSA) is 41.5 Å². The fourth-order valence-corrected chi connectivity index (χ4v) is 2.48. The second kappa shape index (κ2) is 6.35. The van der Waals surface area contributed by atoms with Crippen molar-refractivity contribution >= 4 is 17.2 Å². The minimum absolute atomic E-state index is 0.176. The lowest BCUT2D eigenvalue weighted by Gasteiger charge is -2.11. The van der Waals surface area contributed by atoms with Gasteiger partial charge in [0.25, 0.3) is 0 Å². The zero-order valence-corrected chi connectivity index (χ0v) is 11.9. The number of Topliss-reactive ketones (excluding diaryl/α,β-unsaturated/α-hetero) is 1. The fourth-order valence-electron chi connectivity index (χ4n) is 2.48. The van der Waals surface area contributed by atoms with Crippen molar-refractivity contribution in [2.45, 2.75) is 25.7 Å². The summed E-state index contributed by atoms with van der Waals surface area (Å²) in [6, 6.07) is 18.3. The first-order valence-corrected chi connectivity index (χ1v) is 7.34. The standard InChI is InChI=1S/C18H18N2O/c21-18-9-5-4-8-17(18)20-19-16-12-10-15(11-13-16)14-6-2-1-3-7-14/h1-3,6-7,10-13,19H,4-5,8-9H2. The van der Waals surface area contributed by atoms with Crippen LogP contribution < -0.4 is 5.43 Å². The molecule has 3 heteroatoms. The van der Waals surface area contributed by atoms with Gasteiger partial charge in [-0.3, -0.25) is 10.2 Å². The molecule has 0 bridgehead atoms. The van der Waals surface area contributed by atoms with Crippen LogP contribution in [0.15, 0.2) is 59.7 Å². The third kappa shape index (κ3) is 3.37. The Labute approximate surface area is 124 Å². The molecule has 1 fully saturated rings. The predicted molar refractivity (Wildman–Crippen MR) is 86.4 cm³/mol. The first kappa shape index (κ1) is 13.6. The van der Waals surface area contributed by atoms with Crippen LogP contribution in [0.2, 0.25) is 0 Å². The molecule has 0 saturated heterocycles. The van der Waals surface area contributed by atoms with Gasteiger partial charge in [0.1, 0.15) is 5.71 Å². The van der Waals surface area contributed by atoms with E-state index in [4.69, 9.17) is 0 Å². The monoisotopic (exact) mass is 278 g/mol. The van der Waals surface area contributed by atoms with Gasteiger partial charge >= 0.3 is 0 Å². The van der Waals surface area contributed by atoms with E-state index in [9.17, 15) is 4.79 Å². The summed E-state index contributed by atoms with van der Waals surface area (Å²) in [5.41, 5.74) is 6.93. The molecule has 0 amide bonds. The van der Waals surface area contributed by atoms with E-state index in [0.29, 0.717) is 12.1 Å². The van der Waals surface area contributed by atoms with Gasteiger partial charge in [0.2, 0.25) is 0 Å². The number of hydrazone groups is 1. The van der Waals surface area contributed by atoms with E-state index in [0.717, 1.165) is 24.9 Å². The van der Waals surface area contributed by atoms with Crippen LogP contribution in [0.25, 0.3) is 11.1 Å². The van der Waals surface area contributed by atoms with Gasteiger partial charge in [-0.15, -0.1) is 0 Å². The Hall–Kier alpha value is -2.42. The van der Waals surface area contributed by atoms with Crippen molar-refractivity contribution in [2.24, 2.45) is 5.10 Å². The maximum absolute atomic E-state index is 11.7. The van der Waals surface area contributed by atoms with Gasteiger partial charge in [-0.2, -0.15) is 5.10 Å². The van der Waals surface area contributed by atoms with Gasteiger partial charge in [0.15, 0.2) is 5.78 Å². The number of carbonyl (C=O) groups is 1. The van der Waals surface area contributed by atoms with Crippen molar-refractivity contribution < 1.29 is 4.79 Å². The summed E-state index contributed by atoms with van der Waals surface area (Å²) < 4.78 is 0. The minimum Gasteiger partial charge on any atom is -0.293 e. The van der Waals surface area contributed by atoms with Crippen LogP contribution in [0.5, 0.6) is 0 Å². The van der Waals surface area contributed by atoms with E-state index in [1.807, 2.05) is 30.3 Å². The molecule has 2 aromatic rings. The summed E-state index contributed by atoms with van der Waals surface area (Å²) in [6.07, 6.45) is 3.46. The largest absolute Gasteiger partial charge is 0.293 e. The maximum Gasteiger partial charge on any atom is 0.178 e. The van der Waals surface area contributed by atoms with Crippen LogP contribution in [0.4, 0.5) is 5.69 Å². The van der Waals surface area contributed by atoms with Crippen molar-refractivity contribution in [2.75, 3.05) is 5.43 Å². The average molecular weight is 278 g/mol. The molecule has 1 saturated carbocycles. The third-order valence-corrected chi connectivity index (χ3v) is 3.70. The van der Waals surface area contributed by atoms with Crippen LogP contribution in [0.1, 0.15) is 25.7 Å². The third-order valence-electron chi connectivity index (χ3n) is 3.70. The molecule has 1 N–H and O–H groups in total. The Bertz CT molecular complexity index is 645. The molecule has 2 aromatic carbocycles. The molecule has 0 radical (unpaired) electrons. The highest BCUT2D eigenvalue weighted by Gasteiger charge is 2.16. The molecule has 1 aliphatic rings. The van der Waals surface area contributed by atoms with Crippen molar-refractivity contribution in [3.05, 3.63) is 54.6 Å². The number of benzene rings is 2. The summed E-state index contributed by atoms with van der Waals surface area (Å²) in [7, 11) is 0. The van der Waals surface area contributed by atoms with Crippen LogP contribution in [0, 0.1) is 0 Å². The number of nitrogens with zero attached hydrogens (tertiary/aromatic N) is 1. The van der Waals surface area contributed by atoms with E-state index in [2.05, 4.69) is 34.8 Å². The average Bonchev–Trinajstić information content (AvgIpc) is 2.55. The number of hydrogen-bond donors (Lipinski definition) is 1. The molecule has 0 atom stereocenters. The molecule has 0 heterocycles. The summed E-state index contributed by atoms with van der Waals surface area (Å²) in [6.45, 7) is 0. The highest BCUT2D eigenvalue weighted by Crippen LogP contribution is 2.21. The molecule has 1 aliphatic carbocycles. The fraction of sp³-hybridized carbons (Fsp3) is 0.222. The van der Waals surface area contributed by atoms with Crippen LogP contribution in [-0.4, -0.2) is 11.5 Å². The second-order valence-corrected chi connectivity index (χ2v) is 5.24. The molecule has 0 aliphatic heterocycles. The lowest BCUT2D eigenvalue weighted by atomic mass is 9.97. The number of carbonyl (C=O) groups excluding carboxylic acids is 1. The SMILES string of the molecule is O=C1CCCCC1=NNc1ccc(-c2ccccc2)cc1. The van der Waals surface area contributed by atoms with E-state index < -0.39 is 0 Å². The second-order valence-electron chi connectivity index (χ2n) is 5.24. The number of rotatable bonds is 3. The number of ketones is 1. The molecule has 0 unspecified atom stereocenters. The Kier molecular flexibility index (Phi) is 4.10. The van der Waals surface area contributed by atoms with Crippen LogP contribution in [-0.2, 0) is 4.79 Å². The molecule has 3 rings (SSSR count). The normalized spacial score (nSPS) is 17.0. The molecule has 0 spiro atoms. The van der Waals surface area contributed by atoms with Gasteiger partial charge in [-0.25, -0.2) is 0 Å². The predicted octanol–water partition coefficient (Wildman–Crippen LogP) is 4.26. The lowest BCUT2D eigenvalue weighted by Crippen LogP contribution is -2.19. The zero-order chi connectivity index (χ0) is 14.5. The Morgan fingerprint density at radius 1 is 0.810 bits per heavy atom. The van der Waals surface area contributed by atoms with Crippen molar-refractivity contribution in [3.63, 3.8) is 0 Å². The number of nitrogens with one attached hydrogen (secondary N) is 1. The lowest BCUT2D eigenvalue weighted by molar-refractivity contribution is -0.113. The summed E-state index contributed by atoms with van der Waals surface area (Å²) >= 11 is 0. The quantitative estimate of drug-likeness (QED) is 0.852.